The van der Waals surface area contributed by atoms with Crippen LogP contribution in [0.1, 0.15) is 39.2 Å². The molecule has 2 atom stereocenters. The lowest BCUT2D eigenvalue weighted by atomic mass is 9.84. The number of Topliss-reactive ketones (excluding diaryl/α,β-unsaturated/α-hetero) is 1. The number of ether oxygens (including phenoxy) is 2. The zero-order chi connectivity index (χ0) is 16.0. The van der Waals surface area contributed by atoms with Crippen LogP contribution in [-0.4, -0.2) is 29.1 Å². The van der Waals surface area contributed by atoms with Gasteiger partial charge in [0.05, 0.1) is 6.10 Å². The Labute approximate surface area is 130 Å². The molecule has 1 aromatic carbocycles. The van der Waals surface area contributed by atoms with Crippen molar-refractivity contribution >= 4 is 17.3 Å². The molecule has 2 aliphatic rings. The number of fused-ring (bicyclic) bond motifs is 2. The second kappa shape index (κ2) is 5.06. The Bertz CT molecular complexity index is 639. The van der Waals surface area contributed by atoms with Crippen molar-refractivity contribution in [3.8, 4) is 0 Å². The summed E-state index contributed by atoms with van der Waals surface area (Å²) in [5.41, 5.74) is -0.828. The first-order chi connectivity index (χ1) is 10.3. The molecule has 0 amide bonds. The van der Waals surface area contributed by atoms with Gasteiger partial charge in [-0.3, -0.25) is 4.79 Å². The molecule has 0 radical (unpaired) electrons. The van der Waals surface area contributed by atoms with Gasteiger partial charge in [0.2, 0.25) is 5.60 Å². The molecule has 0 aromatic heterocycles. The van der Waals surface area contributed by atoms with Crippen LogP contribution in [0.15, 0.2) is 36.4 Å². The zero-order valence-corrected chi connectivity index (χ0v) is 13.1. The molecule has 2 aliphatic heterocycles. The van der Waals surface area contributed by atoms with E-state index in [1.165, 1.54) is 0 Å². The third kappa shape index (κ3) is 2.37. The van der Waals surface area contributed by atoms with Gasteiger partial charge in [-0.25, -0.2) is 4.79 Å². The first kappa shape index (κ1) is 15.0. The third-order valence-electron chi connectivity index (χ3n) is 3.88. The fourth-order valence-corrected chi connectivity index (χ4v) is 2.97. The van der Waals surface area contributed by atoms with Gasteiger partial charge in [-0.05, 0) is 38.8 Å². The molecule has 2 heterocycles. The van der Waals surface area contributed by atoms with Crippen LogP contribution >= 0.6 is 0 Å². The first-order valence-corrected chi connectivity index (χ1v) is 7.55. The highest BCUT2D eigenvalue weighted by molar-refractivity contribution is 6.20. The minimum atomic E-state index is -1.60. The van der Waals surface area contributed by atoms with Crippen LogP contribution in [0.5, 0.6) is 0 Å². The highest BCUT2D eigenvalue weighted by Crippen LogP contribution is 2.45. The largest absolute Gasteiger partial charge is 0.457 e. The lowest BCUT2D eigenvalue weighted by molar-refractivity contribution is -0.184. The van der Waals surface area contributed by atoms with Gasteiger partial charge in [-0.15, -0.1) is 0 Å². The van der Waals surface area contributed by atoms with E-state index in [9.17, 15) is 9.59 Å². The molecule has 0 spiro atoms. The quantitative estimate of drug-likeness (QED) is 0.622. The number of carbonyl (C=O) groups excluding carboxylic acids is 2. The SMILES string of the molecule is CC(C)(C)OC(=O)[C@@]12O[C@@H](C=C1c1ccccc1)CCC2=O. The first-order valence-electron chi connectivity index (χ1n) is 7.55. The lowest BCUT2D eigenvalue weighted by Gasteiger charge is -2.35. The maximum Gasteiger partial charge on any atom is 0.351 e. The van der Waals surface area contributed by atoms with E-state index >= 15 is 0 Å². The Morgan fingerprint density at radius 1 is 1.27 bits per heavy atom. The minimum absolute atomic E-state index is 0.208. The molecule has 4 heteroatoms. The summed E-state index contributed by atoms with van der Waals surface area (Å²) in [4.78, 5) is 25.4. The summed E-state index contributed by atoms with van der Waals surface area (Å²) < 4.78 is 11.3. The predicted molar refractivity (Wildman–Crippen MR) is 82.1 cm³/mol. The molecule has 1 fully saturated rings. The van der Waals surface area contributed by atoms with Crippen molar-refractivity contribution in [3.05, 3.63) is 42.0 Å². The minimum Gasteiger partial charge on any atom is -0.457 e. The highest BCUT2D eigenvalue weighted by atomic mass is 16.6. The summed E-state index contributed by atoms with van der Waals surface area (Å²) in [5, 5.41) is 0. The second-order valence-electron chi connectivity index (χ2n) is 6.75. The van der Waals surface area contributed by atoms with E-state index in [0.29, 0.717) is 18.4 Å². The molecule has 0 saturated carbocycles. The molecule has 116 valence electrons. The van der Waals surface area contributed by atoms with E-state index in [-0.39, 0.29) is 11.9 Å². The molecule has 1 aromatic rings. The van der Waals surface area contributed by atoms with Gasteiger partial charge in [0, 0.05) is 12.0 Å². The molecular formula is C18H20O4. The van der Waals surface area contributed by atoms with Crippen LogP contribution in [0, 0.1) is 0 Å². The lowest BCUT2D eigenvalue weighted by Crippen LogP contribution is -2.53. The van der Waals surface area contributed by atoms with E-state index < -0.39 is 17.2 Å². The summed E-state index contributed by atoms with van der Waals surface area (Å²) in [6, 6.07) is 9.43. The van der Waals surface area contributed by atoms with Gasteiger partial charge in [0.25, 0.3) is 0 Å². The van der Waals surface area contributed by atoms with Crippen molar-refractivity contribution in [1.29, 1.82) is 0 Å². The maximum absolute atomic E-state index is 12.8. The summed E-state index contributed by atoms with van der Waals surface area (Å²) in [6.45, 7) is 5.35. The van der Waals surface area contributed by atoms with Crippen LogP contribution < -0.4 is 0 Å². The van der Waals surface area contributed by atoms with E-state index in [1.807, 2.05) is 36.4 Å². The summed E-state index contributed by atoms with van der Waals surface area (Å²) in [5.74, 6) is -0.826. The number of carbonyl (C=O) groups is 2. The van der Waals surface area contributed by atoms with Crippen LogP contribution in [0.2, 0.25) is 0 Å². The van der Waals surface area contributed by atoms with Gasteiger partial charge in [0.1, 0.15) is 5.60 Å². The number of hydrogen-bond acceptors (Lipinski definition) is 4. The van der Waals surface area contributed by atoms with Crippen molar-refractivity contribution in [3.63, 3.8) is 0 Å². The van der Waals surface area contributed by atoms with E-state index in [2.05, 4.69) is 0 Å². The fourth-order valence-electron chi connectivity index (χ4n) is 2.97. The van der Waals surface area contributed by atoms with Gasteiger partial charge in [0.15, 0.2) is 5.78 Å². The molecule has 0 unspecified atom stereocenters. The monoisotopic (exact) mass is 300 g/mol. The average Bonchev–Trinajstić information content (AvgIpc) is 2.79. The molecule has 4 nitrogen and oxygen atoms in total. The molecular weight excluding hydrogens is 280 g/mol. The molecule has 2 bridgehead atoms. The fraction of sp³-hybridized carbons (Fsp3) is 0.444. The highest BCUT2D eigenvalue weighted by Gasteiger charge is 2.59. The maximum atomic E-state index is 12.8. The van der Waals surface area contributed by atoms with Crippen LogP contribution in [0.4, 0.5) is 0 Å². The Morgan fingerprint density at radius 2 is 1.95 bits per heavy atom. The number of rotatable bonds is 2. The second-order valence-corrected chi connectivity index (χ2v) is 6.75. The van der Waals surface area contributed by atoms with Crippen molar-refractivity contribution in [1.82, 2.24) is 0 Å². The number of esters is 1. The summed E-state index contributed by atoms with van der Waals surface area (Å²) >= 11 is 0. The molecule has 1 saturated heterocycles. The van der Waals surface area contributed by atoms with E-state index in [4.69, 9.17) is 9.47 Å². The predicted octanol–water partition coefficient (Wildman–Crippen LogP) is 2.91. The molecule has 0 aliphatic carbocycles. The van der Waals surface area contributed by atoms with Gasteiger partial charge in [-0.1, -0.05) is 30.3 Å². The normalized spacial score (nSPS) is 27.5. The topological polar surface area (TPSA) is 52.6 Å². The van der Waals surface area contributed by atoms with Crippen molar-refractivity contribution in [2.45, 2.75) is 50.9 Å². The Kier molecular flexibility index (Phi) is 3.44. The number of hydrogen-bond donors (Lipinski definition) is 0. The Morgan fingerprint density at radius 3 is 2.59 bits per heavy atom. The Hall–Kier alpha value is -1.94. The van der Waals surface area contributed by atoms with Crippen molar-refractivity contribution in [2.75, 3.05) is 0 Å². The molecule has 22 heavy (non-hydrogen) atoms. The number of benzene rings is 1. The van der Waals surface area contributed by atoms with Gasteiger partial charge >= 0.3 is 5.97 Å². The van der Waals surface area contributed by atoms with Crippen molar-refractivity contribution in [2.24, 2.45) is 0 Å². The van der Waals surface area contributed by atoms with Crippen molar-refractivity contribution < 1.29 is 19.1 Å². The molecule has 0 N–H and O–H groups in total. The Balaban J connectivity index is 2.06. The van der Waals surface area contributed by atoms with E-state index in [0.717, 1.165) is 5.56 Å². The van der Waals surface area contributed by atoms with Crippen LogP contribution in [0.25, 0.3) is 5.57 Å². The van der Waals surface area contributed by atoms with Crippen LogP contribution in [0.3, 0.4) is 0 Å². The summed E-state index contributed by atoms with van der Waals surface area (Å²) in [7, 11) is 0. The molecule has 3 rings (SSSR count). The standard InChI is InChI=1S/C18H20O4/c1-17(2,3)22-16(20)18-14(12-7-5-4-6-8-12)11-13(21-18)9-10-15(18)19/h4-8,11,13H,9-10H2,1-3H3/t13-,18-/m1/s1. The van der Waals surface area contributed by atoms with E-state index in [1.54, 1.807) is 20.8 Å². The summed E-state index contributed by atoms with van der Waals surface area (Å²) in [6.07, 6.45) is 2.63. The van der Waals surface area contributed by atoms with Gasteiger partial charge in [-0.2, -0.15) is 0 Å². The zero-order valence-electron chi connectivity index (χ0n) is 13.1. The van der Waals surface area contributed by atoms with Gasteiger partial charge < -0.3 is 9.47 Å². The smallest absolute Gasteiger partial charge is 0.351 e. The third-order valence-corrected chi connectivity index (χ3v) is 3.88. The number of ketones is 1. The van der Waals surface area contributed by atoms with Crippen LogP contribution in [-0.2, 0) is 19.1 Å². The average molecular weight is 300 g/mol.